The Labute approximate surface area is 130 Å². The monoisotopic (exact) mass is 309 g/mol. The van der Waals surface area contributed by atoms with Crippen LogP contribution in [0.2, 0.25) is 0 Å². The van der Waals surface area contributed by atoms with Gasteiger partial charge >= 0.3 is 0 Å². The summed E-state index contributed by atoms with van der Waals surface area (Å²) in [6.07, 6.45) is 0. The fourth-order valence-electron chi connectivity index (χ4n) is 2.47. The van der Waals surface area contributed by atoms with Crippen LogP contribution in [0, 0.1) is 6.92 Å². The van der Waals surface area contributed by atoms with Gasteiger partial charge in [0.05, 0.1) is 6.54 Å². The molecule has 0 saturated carbocycles. The Morgan fingerprint density at radius 3 is 2.38 bits per heavy atom. The number of carbonyl (C=O) groups excluding carboxylic acids is 2. The van der Waals surface area contributed by atoms with Crippen LogP contribution in [0.4, 0.5) is 0 Å². The average Bonchev–Trinajstić information content (AvgIpc) is 2.84. The highest BCUT2D eigenvalue weighted by atomic mass is 32.1. The van der Waals surface area contributed by atoms with Crippen molar-refractivity contribution in [2.45, 2.75) is 20.4 Å². The minimum absolute atomic E-state index is 0.0902. The number of piperazine rings is 1. The van der Waals surface area contributed by atoms with E-state index in [4.69, 9.17) is 0 Å². The number of thiophene rings is 1. The van der Waals surface area contributed by atoms with Crippen molar-refractivity contribution in [2.24, 2.45) is 0 Å². The molecule has 0 N–H and O–H groups in total. The van der Waals surface area contributed by atoms with E-state index in [1.807, 2.05) is 11.9 Å². The number of likely N-dealkylation sites (N-methyl/N-ethyl adjacent to an activating group) is 1. The van der Waals surface area contributed by atoms with Gasteiger partial charge in [-0.2, -0.15) is 0 Å². The van der Waals surface area contributed by atoms with Crippen molar-refractivity contribution in [2.75, 3.05) is 39.8 Å². The smallest absolute Gasteiger partial charge is 0.236 e. The number of hydrogen-bond donors (Lipinski definition) is 0. The Balaban J connectivity index is 1.79. The minimum Gasteiger partial charge on any atom is -0.339 e. The molecule has 1 aromatic heterocycles. The first-order valence-electron chi connectivity index (χ1n) is 7.22. The van der Waals surface area contributed by atoms with Crippen LogP contribution in [0.1, 0.15) is 17.4 Å². The normalized spacial score (nSPS) is 15.6. The highest BCUT2D eigenvalue weighted by Crippen LogP contribution is 2.17. The maximum Gasteiger partial charge on any atom is 0.236 e. The molecule has 5 nitrogen and oxygen atoms in total. The first kappa shape index (κ1) is 16.0. The van der Waals surface area contributed by atoms with Crippen molar-refractivity contribution >= 4 is 23.2 Å². The molecule has 0 atom stereocenters. The summed E-state index contributed by atoms with van der Waals surface area (Å²) in [5.41, 5.74) is 1.29. The standard InChI is InChI=1S/C15H23N3O2S/c1-12-4-9-21-14(12)10-16(3)11-15(20)18-7-5-17(6-8-18)13(2)19/h4,9H,5-8,10-11H2,1-3H3. The van der Waals surface area contributed by atoms with Gasteiger partial charge in [-0.25, -0.2) is 0 Å². The summed E-state index contributed by atoms with van der Waals surface area (Å²) in [5, 5.41) is 2.08. The second kappa shape index (κ2) is 7.04. The van der Waals surface area contributed by atoms with Gasteiger partial charge in [-0.05, 0) is 31.0 Å². The van der Waals surface area contributed by atoms with Gasteiger partial charge in [-0.3, -0.25) is 14.5 Å². The molecule has 6 heteroatoms. The van der Waals surface area contributed by atoms with Crippen molar-refractivity contribution in [3.63, 3.8) is 0 Å². The number of aryl methyl sites for hydroxylation is 1. The molecule has 2 amide bonds. The lowest BCUT2D eigenvalue weighted by atomic mass is 10.2. The van der Waals surface area contributed by atoms with E-state index in [1.54, 1.807) is 23.2 Å². The first-order chi connectivity index (χ1) is 9.97. The third-order valence-corrected chi connectivity index (χ3v) is 4.87. The quantitative estimate of drug-likeness (QED) is 0.839. The van der Waals surface area contributed by atoms with Crippen LogP contribution in [-0.2, 0) is 16.1 Å². The largest absolute Gasteiger partial charge is 0.339 e. The lowest BCUT2D eigenvalue weighted by molar-refractivity contribution is -0.139. The van der Waals surface area contributed by atoms with Gasteiger partial charge in [0, 0.05) is 44.5 Å². The summed E-state index contributed by atoms with van der Waals surface area (Å²) < 4.78 is 0. The van der Waals surface area contributed by atoms with E-state index in [2.05, 4.69) is 23.3 Å². The molecule has 0 aromatic carbocycles. The molecular formula is C15H23N3O2S. The van der Waals surface area contributed by atoms with Crippen molar-refractivity contribution < 1.29 is 9.59 Å². The van der Waals surface area contributed by atoms with E-state index in [9.17, 15) is 9.59 Å². The van der Waals surface area contributed by atoms with Gasteiger partial charge in [0.15, 0.2) is 0 Å². The lowest BCUT2D eigenvalue weighted by Gasteiger charge is -2.35. The number of hydrogen-bond acceptors (Lipinski definition) is 4. The number of nitrogens with zero attached hydrogens (tertiary/aromatic N) is 3. The number of amides is 2. The maximum absolute atomic E-state index is 12.3. The Morgan fingerprint density at radius 2 is 1.86 bits per heavy atom. The molecule has 1 aromatic rings. The van der Waals surface area contributed by atoms with Crippen molar-refractivity contribution in [1.82, 2.24) is 14.7 Å². The third-order valence-electron chi connectivity index (χ3n) is 3.86. The van der Waals surface area contributed by atoms with Gasteiger partial charge in [0.25, 0.3) is 0 Å². The van der Waals surface area contributed by atoms with Crippen LogP contribution >= 0.6 is 11.3 Å². The Hall–Kier alpha value is -1.40. The highest BCUT2D eigenvalue weighted by molar-refractivity contribution is 7.10. The fourth-order valence-corrected chi connectivity index (χ4v) is 3.45. The molecule has 2 heterocycles. The fraction of sp³-hybridized carbons (Fsp3) is 0.600. The van der Waals surface area contributed by atoms with Crippen molar-refractivity contribution in [3.8, 4) is 0 Å². The summed E-state index contributed by atoms with van der Waals surface area (Å²) in [6, 6.07) is 2.11. The van der Waals surface area contributed by atoms with E-state index < -0.39 is 0 Å². The topological polar surface area (TPSA) is 43.9 Å². The van der Waals surface area contributed by atoms with Crippen molar-refractivity contribution in [3.05, 3.63) is 21.9 Å². The Kier molecular flexibility index (Phi) is 5.36. The molecule has 1 saturated heterocycles. The van der Waals surface area contributed by atoms with Gasteiger partial charge in [0.1, 0.15) is 0 Å². The molecule has 1 aliphatic heterocycles. The van der Waals surface area contributed by atoms with Crippen LogP contribution in [0.5, 0.6) is 0 Å². The molecular weight excluding hydrogens is 286 g/mol. The van der Waals surface area contributed by atoms with Crippen LogP contribution in [0.25, 0.3) is 0 Å². The molecule has 1 fully saturated rings. The second-order valence-electron chi connectivity index (χ2n) is 5.59. The van der Waals surface area contributed by atoms with Crippen molar-refractivity contribution in [1.29, 1.82) is 0 Å². The summed E-state index contributed by atoms with van der Waals surface area (Å²) >= 11 is 1.73. The van der Waals surface area contributed by atoms with Crippen LogP contribution in [-0.4, -0.2) is 66.3 Å². The molecule has 21 heavy (non-hydrogen) atoms. The first-order valence-corrected chi connectivity index (χ1v) is 8.10. The molecule has 2 rings (SSSR count). The van der Waals surface area contributed by atoms with E-state index in [1.165, 1.54) is 10.4 Å². The molecule has 0 bridgehead atoms. The number of carbonyl (C=O) groups is 2. The van der Waals surface area contributed by atoms with Gasteiger partial charge in [-0.15, -0.1) is 11.3 Å². The Bertz CT molecular complexity index is 507. The van der Waals surface area contributed by atoms with E-state index in [0.29, 0.717) is 32.7 Å². The van der Waals surface area contributed by atoms with Crippen LogP contribution in [0.15, 0.2) is 11.4 Å². The third kappa shape index (κ3) is 4.28. The molecule has 0 radical (unpaired) electrons. The highest BCUT2D eigenvalue weighted by Gasteiger charge is 2.23. The molecule has 1 aliphatic rings. The predicted octanol–water partition coefficient (Wildman–Crippen LogP) is 1.18. The Morgan fingerprint density at radius 1 is 1.24 bits per heavy atom. The summed E-state index contributed by atoms with van der Waals surface area (Å²) in [4.78, 5) is 30.6. The predicted molar refractivity (Wildman–Crippen MR) is 84.2 cm³/mol. The zero-order chi connectivity index (χ0) is 15.4. The summed E-state index contributed by atoms with van der Waals surface area (Å²) in [5.74, 6) is 0.238. The van der Waals surface area contributed by atoms with Gasteiger partial charge < -0.3 is 9.80 Å². The van der Waals surface area contributed by atoms with Crippen LogP contribution < -0.4 is 0 Å². The van der Waals surface area contributed by atoms with E-state index in [0.717, 1.165) is 6.54 Å². The van der Waals surface area contributed by atoms with Crippen LogP contribution in [0.3, 0.4) is 0 Å². The van der Waals surface area contributed by atoms with E-state index >= 15 is 0 Å². The molecule has 0 aliphatic carbocycles. The molecule has 0 spiro atoms. The second-order valence-corrected chi connectivity index (χ2v) is 6.59. The maximum atomic E-state index is 12.3. The summed E-state index contributed by atoms with van der Waals surface area (Å²) in [7, 11) is 1.98. The molecule has 0 unspecified atom stereocenters. The van der Waals surface area contributed by atoms with Gasteiger partial charge in [-0.1, -0.05) is 0 Å². The molecule has 116 valence electrons. The zero-order valence-corrected chi connectivity index (χ0v) is 13.8. The average molecular weight is 309 g/mol. The SMILES string of the molecule is CC(=O)N1CCN(C(=O)CN(C)Cc2sccc2C)CC1. The van der Waals surface area contributed by atoms with Gasteiger partial charge in [0.2, 0.25) is 11.8 Å². The van der Waals surface area contributed by atoms with E-state index in [-0.39, 0.29) is 11.8 Å². The number of rotatable bonds is 4. The summed E-state index contributed by atoms with van der Waals surface area (Å²) in [6.45, 7) is 7.50. The zero-order valence-electron chi connectivity index (χ0n) is 13.0. The lowest BCUT2D eigenvalue weighted by Crippen LogP contribution is -2.51. The minimum atomic E-state index is 0.0902.